The highest BCUT2D eigenvalue weighted by Crippen LogP contribution is 2.23. The van der Waals surface area contributed by atoms with Gasteiger partial charge >= 0.3 is 5.69 Å². The minimum Gasteiger partial charge on any atom is -0.340 e. The molecule has 2 aromatic carbocycles. The maximum absolute atomic E-state index is 11.4. The fraction of sp³-hybridized carbons (Fsp3) is 0.105. The Labute approximate surface area is 171 Å². The molecule has 0 saturated carbocycles. The quantitative estimate of drug-likeness (QED) is 0.319. The SMILES string of the molecule is Cc1cnc(Nc2cccc(NS(C)(=O)=O)c2)nc1Nc1ccc2[nH]c(=O)[nH]c2c1. The molecule has 0 atom stereocenters. The highest BCUT2D eigenvalue weighted by atomic mass is 32.2. The number of imidazole rings is 1. The van der Waals surface area contributed by atoms with Crippen LogP contribution in [0.3, 0.4) is 0 Å². The molecule has 0 spiro atoms. The first-order chi connectivity index (χ1) is 14.2. The van der Waals surface area contributed by atoms with Crippen molar-refractivity contribution in [2.75, 3.05) is 21.6 Å². The molecular weight excluding hydrogens is 406 g/mol. The maximum atomic E-state index is 11.4. The van der Waals surface area contributed by atoms with Gasteiger partial charge in [0.2, 0.25) is 16.0 Å². The van der Waals surface area contributed by atoms with Crippen molar-refractivity contribution < 1.29 is 8.42 Å². The zero-order valence-corrected chi connectivity index (χ0v) is 17.0. The van der Waals surface area contributed by atoms with Crippen molar-refractivity contribution in [2.24, 2.45) is 0 Å². The van der Waals surface area contributed by atoms with Gasteiger partial charge in [-0.25, -0.2) is 18.2 Å². The van der Waals surface area contributed by atoms with E-state index in [0.717, 1.165) is 23.0 Å². The van der Waals surface area contributed by atoms with Crippen LogP contribution in [-0.4, -0.2) is 34.6 Å². The first-order valence-corrected chi connectivity index (χ1v) is 10.8. The molecule has 4 aromatic rings. The molecule has 10 nitrogen and oxygen atoms in total. The third kappa shape index (κ3) is 4.58. The molecule has 0 bridgehead atoms. The van der Waals surface area contributed by atoms with Gasteiger partial charge in [0.15, 0.2) is 0 Å². The van der Waals surface area contributed by atoms with E-state index in [1.165, 1.54) is 0 Å². The molecule has 5 N–H and O–H groups in total. The molecule has 0 unspecified atom stereocenters. The number of aromatic amines is 2. The van der Waals surface area contributed by atoms with Crippen molar-refractivity contribution in [3.05, 3.63) is 64.7 Å². The number of sulfonamides is 1. The molecule has 2 heterocycles. The summed E-state index contributed by atoms with van der Waals surface area (Å²) in [4.78, 5) is 25.6. The van der Waals surface area contributed by atoms with Crippen LogP contribution in [0.25, 0.3) is 11.0 Å². The lowest BCUT2D eigenvalue weighted by molar-refractivity contribution is 0.607. The lowest BCUT2D eigenvalue weighted by Gasteiger charge is -2.12. The highest BCUT2D eigenvalue weighted by molar-refractivity contribution is 7.92. The normalized spacial score (nSPS) is 11.4. The number of aromatic nitrogens is 4. The topological polar surface area (TPSA) is 145 Å². The van der Waals surface area contributed by atoms with Crippen molar-refractivity contribution in [1.29, 1.82) is 0 Å². The smallest absolute Gasteiger partial charge is 0.323 e. The summed E-state index contributed by atoms with van der Waals surface area (Å²) in [6.45, 7) is 1.87. The van der Waals surface area contributed by atoms with Gasteiger partial charge in [0.05, 0.1) is 23.0 Å². The number of rotatable bonds is 6. The molecule has 30 heavy (non-hydrogen) atoms. The summed E-state index contributed by atoms with van der Waals surface area (Å²) in [7, 11) is -3.37. The van der Waals surface area contributed by atoms with E-state index in [0.29, 0.717) is 28.7 Å². The van der Waals surface area contributed by atoms with Crippen LogP contribution in [0.5, 0.6) is 0 Å². The van der Waals surface area contributed by atoms with Crippen LogP contribution in [0.15, 0.2) is 53.5 Å². The molecule has 0 radical (unpaired) electrons. The molecular formula is C19H19N7O3S. The second kappa shape index (κ2) is 7.52. The number of nitrogens with zero attached hydrogens (tertiary/aromatic N) is 2. The monoisotopic (exact) mass is 425 g/mol. The van der Waals surface area contributed by atoms with E-state index in [4.69, 9.17) is 0 Å². The first kappa shape index (κ1) is 19.5. The van der Waals surface area contributed by atoms with Gasteiger partial charge in [-0.2, -0.15) is 4.98 Å². The van der Waals surface area contributed by atoms with Gasteiger partial charge in [-0.15, -0.1) is 0 Å². The van der Waals surface area contributed by atoms with Crippen LogP contribution in [0.2, 0.25) is 0 Å². The van der Waals surface area contributed by atoms with Gasteiger partial charge < -0.3 is 20.6 Å². The first-order valence-electron chi connectivity index (χ1n) is 8.93. The van der Waals surface area contributed by atoms with Crippen molar-refractivity contribution in [3.8, 4) is 0 Å². The number of anilines is 5. The van der Waals surface area contributed by atoms with Gasteiger partial charge in [0.25, 0.3) is 0 Å². The summed E-state index contributed by atoms with van der Waals surface area (Å²) in [5.74, 6) is 0.936. The minimum atomic E-state index is -3.37. The Bertz CT molecular complexity index is 1390. The Morgan fingerprint density at radius 2 is 1.67 bits per heavy atom. The number of nitrogens with one attached hydrogen (secondary N) is 5. The fourth-order valence-electron chi connectivity index (χ4n) is 2.88. The zero-order chi connectivity index (χ0) is 21.3. The Morgan fingerprint density at radius 1 is 0.933 bits per heavy atom. The molecule has 0 aliphatic carbocycles. The second-order valence-corrected chi connectivity index (χ2v) is 8.52. The molecule has 0 saturated heterocycles. The Kier molecular flexibility index (Phi) is 4.88. The molecule has 4 rings (SSSR count). The van der Waals surface area contributed by atoms with Crippen molar-refractivity contribution in [3.63, 3.8) is 0 Å². The van der Waals surface area contributed by atoms with Crippen molar-refractivity contribution >= 4 is 49.9 Å². The Hall–Kier alpha value is -3.86. The van der Waals surface area contributed by atoms with Crippen LogP contribution >= 0.6 is 0 Å². The van der Waals surface area contributed by atoms with E-state index in [-0.39, 0.29) is 5.69 Å². The summed E-state index contributed by atoms with van der Waals surface area (Å²) in [6, 6.07) is 12.2. The van der Waals surface area contributed by atoms with Crippen LogP contribution in [0.4, 0.5) is 28.8 Å². The zero-order valence-electron chi connectivity index (χ0n) is 16.1. The molecule has 0 aliphatic heterocycles. The minimum absolute atomic E-state index is 0.264. The van der Waals surface area contributed by atoms with Crippen LogP contribution in [0, 0.1) is 6.92 Å². The Balaban J connectivity index is 1.57. The molecule has 154 valence electrons. The third-order valence-corrected chi connectivity index (χ3v) is 4.78. The van der Waals surface area contributed by atoms with Gasteiger partial charge in [-0.3, -0.25) is 4.72 Å². The fourth-order valence-corrected chi connectivity index (χ4v) is 3.43. The lowest BCUT2D eigenvalue weighted by Crippen LogP contribution is -2.09. The highest BCUT2D eigenvalue weighted by Gasteiger charge is 2.08. The largest absolute Gasteiger partial charge is 0.340 e. The lowest BCUT2D eigenvalue weighted by atomic mass is 10.2. The molecule has 2 aromatic heterocycles. The van der Waals surface area contributed by atoms with Gasteiger partial charge in [0, 0.05) is 23.1 Å². The van der Waals surface area contributed by atoms with Crippen LogP contribution in [0.1, 0.15) is 5.56 Å². The predicted molar refractivity (Wildman–Crippen MR) is 117 cm³/mol. The summed E-state index contributed by atoms with van der Waals surface area (Å²) in [5, 5.41) is 6.29. The van der Waals surface area contributed by atoms with E-state index in [1.807, 2.05) is 19.1 Å². The summed E-state index contributed by atoms with van der Waals surface area (Å²) < 4.78 is 25.3. The van der Waals surface area contributed by atoms with Crippen LogP contribution < -0.4 is 21.0 Å². The average molecular weight is 425 g/mol. The van der Waals surface area contributed by atoms with Gasteiger partial charge in [-0.05, 0) is 43.3 Å². The number of benzene rings is 2. The summed E-state index contributed by atoms with van der Waals surface area (Å²) in [6.07, 6.45) is 2.77. The second-order valence-electron chi connectivity index (χ2n) is 6.77. The summed E-state index contributed by atoms with van der Waals surface area (Å²) in [5.41, 5.74) is 3.78. The summed E-state index contributed by atoms with van der Waals surface area (Å²) >= 11 is 0. The number of hydrogen-bond donors (Lipinski definition) is 5. The average Bonchev–Trinajstić information content (AvgIpc) is 3.03. The maximum Gasteiger partial charge on any atom is 0.323 e. The number of aryl methyl sites for hydroxylation is 1. The van der Waals surface area contributed by atoms with Gasteiger partial charge in [0.1, 0.15) is 5.82 Å². The van der Waals surface area contributed by atoms with E-state index < -0.39 is 10.0 Å². The molecule has 0 amide bonds. The van der Waals surface area contributed by atoms with Gasteiger partial charge in [-0.1, -0.05) is 6.07 Å². The molecule has 0 aliphatic rings. The van der Waals surface area contributed by atoms with E-state index >= 15 is 0 Å². The van der Waals surface area contributed by atoms with E-state index in [1.54, 1.807) is 36.5 Å². The van der Waals surface area contributed by atoms with E-state index in [9.17, 15) is 13.2 Å². The standard InChI is InChI=1S/C19H19N7O3S/c1-11-10-20-18(22-12-4-3-5-14(8-12)26-30(2,28)29)25-17(11)21-13-6-7-15-16(9-13)24-19(27)23-15/h3-10,26H,1-2H3,(H2,23,24,27)(H2,20,21,22,25). The van der Waals surface area contributed by atoms with Crippen molar-refractivity contribution in [2.45, 2.75) is 6.92 Å². The van der Waals surface area contributed by atoms with Crippen LogP contribution in [-0.2, 0) is 10.0 Å². The number of H-pyrrole nitrogens is 2. The number of fused-ring (bicyclic) bond motifs is 1. The third-order valence-electron chi connectivity index (χ3n) is 4.17. The number of hydrogen-bond acceptors (Lipinski definition) is 7. The molecule has 11 heteroatoms. The van der Waals surface area contributed by atoms with E-state index in [2.05, 4.69) is 35.3 Å². The van der Waals surface area contributed by atoms with Crippen molar-refractivity contribution in [1.82, 2.24) is 19.9 Å². The molecule has 0 fully saturated rings. The predicted octanol–water partition coefficient (Wildman–Crippen LogP) is 2.81. The Morgan fingerprint density at radius 3 is 2.47 bits per heavy atom.